The van der Waals surface area contributed by atoms with Crippen molar-refractivity contribution >= 4 is 33.9 Å². The molecular formula is C27H34N4O6S. The molecule has 4 rings (SSSR count). The minimum Gasteiger partial charge on any atom is -0.481 e. The summed E-state index contributed by atoms with van der Waals surface area (Å²) >= 11 is 0. The van der Waals surface area contributed by atoms with Crippen LogP contribution < -0.4 is 10.6 Å². The van der Waals surface area contributed by atoms with Gasteiger partial charge in [0.1, 0.15) is 5.76 Å². The number of thiol groups is 1. The number of aromatic nitrogens is 1. The molecule has 204 valence electrons. The Morgan fingerprint density at radius 3 is 2.50 bits per heavy atom. The van der Waals surface area contributed by atoms with Crippen molar-refractivity contribution in [2.24, 2.45) is 0 Å². The van der Waals surface area contributed by atoms with Gasteiger partial charge in [-0.1, -0.05) is 29.8 Å². The molecule has 0 bridgehead atoms. The van der Waals surface area contributed by atoms with Crippen molar-refractivity contribution in [3.63, 3.8) is 0 Å². The highest BCUT2D eigenvalue weighted by atomic mass is 32.2. The number of carbonyl (C=O) groups is 2. The van der Waals surface area contributed by atoms with Crippen LogP contribution in [0.3, 0.4) is 0 Å². The number of furan rings is 1. The molecule has 0 saturated heterocycles. The summed E-state index contributed by atoms with van der Waals surface area (Å²) in [5.74, 6) is -0.385. The molecule has 1 saturated carbocycles. The van der Waals surface area contributed by atoms with Crippen LogP contribution in [0.2, 0.25) is 0 Å². The van der Waals surface area contributed by atoms with E-state index >= 15 is 0 Å². The molecule has 0 radical (unpaired) electrons. The maximum absolute atomic E-state index is 12.9. The third kappa shape index (κ3) is 6.77. The van der Waals surface area contributed by atoms with Crippen LogP contribution in [0.5, 0.6) is 0 Å². The fourth-order valence-electron chi connectivity index (χ4n) is 4.48. The second kappa shape index (κ2) is 12.5. The number of carbonyl (C=O) groups excluding carboxylic acids is 1. The number of nitrogens with one attached hydrogen (secondary N) is 2. The number of amides is 1. The lowest BCUT2D eigenvalue weighted by Crippen LogP contribution is -2.27. The summed E-state index contributed by atoms with van der Waals surface area (Å²) in [6, 6.07) is 9.66. The minimum atomic E-state index is -2.84. The number of pyridine rings is 1. The quantitative estimate of drug-likeness (QED) is 0.180. The molecule has 1 aromatic carbocycles. The fraction of sp³-hybridized carbons (Fsp3) is 0.444. The van der Waals surface area contributed by atoms with E-state index in [9.17, 15) is 18.0 Å². The van der Waals surface area contributed by atoms with Crippen molar-refractivity contribution in [3.05, 3.63) is 52.7 Å². The van der Waals surface area contributed by atoms with Gasteiger partial charge in [0.25, 0.3) is 5.91 Å². The molecule has 1 aliphatic rings. The number of hydrogen-bond acceptors (Lipinski definition) is 7. The maximum Gasteiger partial charge on any atom is 0.303 e. The van der Waals surface area contributed by atoms with Crippen LogP contribution in [0, 0.1) is 6.92 Å². The third-order valence-corrected chi connectivity index (χ3v) is 7.46. The molecule has 38 heavy (non-hydrogen) atoms. The predicted molar refractivity (Wildman–Crippen MR) is 145 cm³/mol. The summed E-state index contributed by atoms with van der Waals surface area (Å²) in [4.78, 5) is 28.3. The summed E-state index contributed by atoms with van der Waals surface area (Å²) < 4.78 is 31.7. The highest BCUT2D eigenvalue weighted by Crippen LogP contribution is 2.44. The molecule has 2 heterocycles. The first-order valence-corrected chi connectivity index (χ1v) is 14.0. The molecule has 0 atom stereocenters. The number of aryl methyl sites for hydroxylation is 1. The van der Waals surface area contributed by atoms with Crippen LogP contribution in [0.15, 0.2) is 34.7 Å². The van der Waals surface area contributed by atoms with E-state index < -0.39 is 16.9 Å². The van der Waals surface area contributed by atoms with E-state index in [0.717, 1.165) is 29.5 Å². The standard InChI is InChI=1S/C27H34N4O6S/c1-17-6-8-19(9-7-17)25-24(26(34)28-2)21-15-20(18-10-11-18)22(30-27(21)37-25)16-31(38(35)36)14-4-13-29-12-3-5-23(32)33/h6-9,15,18,29,38H,3-5,10-14,16H2,1-2H3,(H,28,34)(H,32,33). The second-order valence-electron chi connectivity index (χ2n) is 9.63. The molecular weight excluding hydrogens is 508 g/mol. The molecule has 11 heteroatoms. The fourth-order valence-corrected chi connectivity index (χ4v) is 5.03. The van der Waals surface area contributed by atoms with Crippen LogP contribution in [0.1, 0.15) is 65.2 Å². The van der Waals surface area contributed by atoms with Gasteiger partial charge in [-0.15, -0.1) is 0 Å². The Labute approximate surface area is 223 Å². The largest absolute Gasteiger partial charge is 0.481 e. The lowest BCUT2D eigenvalue weighted by Gasteiger charge is -2.17. The maximum atomic E-state index is 12.9. The normalized spacial score (nSPS) is 13.5. The van der Waals surface area contributed by atoms with Crippen molar-refractivity contribution < 1.29 is 27.5 Å². The van der Waals surface area contributed by atoms with Gasteiger partial charge in [0.2, 0.25) is 16.6 Å². The Morgan fingerprint density at radius 1 is 1.16 bits per heavy atom. The summed E-state index contributed by atoms with van der Waals surface area (Å²) in [5.41, 5.74) is 4.17. The molecule has 3 N–H and O–H groups in total. The summed E-state index contributed by atoms with van der Waals surface area (Å²) in [7, 11) is -1.26. The zero-order valence-electron chi connectivity index (χ0n) is 21.7. The van der Waals surface area contributed by atoms with Gasteiger partial charge in [-0.2, -0.15) is 4.31 Å². The molecule has 1 aliphatic carbocycles. The van der Waals surface area contributed by atoms with Crippen molar-refractivity contribution in [1.82, 2.24) is 19.9 Å². The van der Waals surface area contributed by atoms with E-state index in [-0.39, 0.29) is 24.8 Å². The average Bonchev–Trinajstić information content (AvgIpc) is 3.67. The van der Waals surface area contributed by atoms with E-state index in [1.165, 1.54) is 4.31 Å². The number of hydrogen-bond donors (Lipinski definition) is 4. The van der Waals surface area contributed by atoms with Gasteiger partial charge in [0, 0.05) is 25.6 Å². The third-order valence-electron chi connectivity index (χ3n) is 6.66. The Bertz CT molecular complexity index is 1370. The smallest absolute Gasteiger partial charge is 0.303 e. The highest BCUT2D eigenvalue weighted by Gasteiger charge is 2.31. The lowest BCUT2D eigenvalue weighted by atomic mass is 10.0. The molecule has 10 nitrogen and oxygen atoms in total. The minimum absolute atomic E-state index is 0.101. The van der Waals surface area contributed by atoms with Crippen LogP contribution >= 0.6 is 0 Å². The molecule has 0 spiro atoms. The van der Waals surface area contributed by atoms with Crippen LogP contribution in [0.4, 0.5) is 0 Å². The molecule has 2 aromatic heterocycles. The first kappa shape index (κ1) is 27.7. The van der Waals surface area contributed by atoms with E-state index in [4.69, 9.17) is 14.5 Å². The summed E-state index contributed by atoms with van der Waals surface area (Å²) in [6.07, 6.45) is 3.18. The lowest BCUT2D eigenvalue weighted by molar-refractivity contribution is -0.137. The molecule has 0 aliphatic heterocycles. The average molecular weight is 543 g/mol. The molecule has 3 aromatic rings. The Balaban J connectivity index is 1.59. The topological polar surface area (TPSA) is 142 Å². The number of aliphatic carboxylic acids is 1. The van der Waals surface area contributed by atoms with Crippen molar-refractivity contribution in [1.29, 1.82) is 0 Å². The second-order valence-corrected chi connectivity index (χ2v) is 10.7. The van der Waals surface area contributed by atoms with Gasteiger partial charge in [-0.25, -0.2) is 13.4 Å². The van der Waals surface area contributed by atoms with Gasteiger partial charge in [0.05, 0.1) is 23.2 Å². The molecule has 0 unspecified atom stereocenters. The SMILES string of the molecule is CNC(=O)c1c(-c2ccc(C)cc2)oc2nc(CN(CCCNCCCC(=O)O)[SH](=O)=O)c(C3CC3)cc12. The molecule has 1 fully saturated rings. The summed E-state index contributed by atoms with van der Waals surface area (Å²) in [6.45, 7) is 3.56. The van der Waals surface area contributed by atoms with E-state index in [1.54, 1.807) is 7.05 Å². The van der Waals surface area contributed by atoms with Crippen molar-refractivity contribution in [2.75, 3.05) is 26.7 Å². The van der Waals surface area contributed by atoms with Gasteiger partial charge in [-0.3, -0.25) is 9.59 Å². The van der Waals surface area contributed by atoms with E-state index in [2.05, 4.69) is 10.6 Å². The van der Waals surface area contributed by atoms with Crippen molar-refractivity contribution in [3.8, 4) is 11.3 Å². The predicted octanol–water partition coefficient (Wildman–Crippen LogP) is 3.21. The number of nitrogens with zero attached hydrogens (tertiary/aromatic N) is 2. The zero-order valence-corrected chi connectivity index (χ0v) is 22.6. The molecule has 1 amide bonds. The van der Waals surface area contributed by atoms with Crippen LogP contribution in [-0.4, -0.2) is 61.4 Å². The number of carboxylic acid groups (broad SMARTS) is 1. The van der Waals surface area contributed by atoms with Crippen molar-refractivity contribution in [2.45, 2.75) is 51.5 Å². The number of benzene rings is 1. The van der Waals surface area contributed by atoms with Gasteiger partial charge in [-0.05, 0) is 63.2 Å². The summed E-state index contributed by atoms with van der Waals surface area (Å²) in [5, 5.41) is 15.2. The Hall–Kier alpha value is -3.28. The van der Waals surface area contributed by atoms with Crippen LogP contribution in [0.25, 0.3) is 22.4 Å². The van der Waals surface area contributed by atoms with E-state index in [0.29, 0.717) is 60.6 Å². The van der Waals surface area contributed by atoms with E-state index in [1.807, 2.05) is 37.3 Å². The van der Waals surface area contributed by atoms with Gasteiger partial charge >= 0.3 is 5.97 Å². The Morgan fingerprint density at radius 2 is 1.87 bits per heavy atom. The number of carboxylic acids is 1. The zero-order chi connectivity index (χ0) is 27.2. The highest BCUT2D eigenvalue weighted by molar-refractivity contribution is 7.69. The monoisotopic (exact) mass is 542 g/mol. The van der Waals surface area contributed by atoms with Gasteiger partial charge < -0.3 is 20.2 Å². The Kier molecular flexibility index (Phi) is 9.13. The number of rotatable bonds is 14. The van der Waals surface area contributed by atoms with Gasteiger partial charge in [0.15, 0.2) is 0 Å². The first-order valence-electron chi connectivity index (χ1n) is 12.9. The van der Waals surface area contributed by atoms with Crippen LogP contribution in [-0.2, 0) is 22.2 Å². The first-order chi connectivity index (χ1) is 18.3. The number of fused-ring (bicyclic) bond motifs is 1.